The number of carbonyl (C=O) groups is 3. The highest BCUT2D eigenvalue weighted by molar-refractivity contribution is 5.98. The van der Waals surface area contributed by atoms with Gasteiger partial charge in [0.25, 0.3) is 5.91 Å². The molecule has 6 nitrogen and oxygen atoms in total. The van der Waals surface area contributed by atoms with E-state index < -0.39 is 18.0 Å². The molecule has 3 rings (SSSR count). The first-order chi connectivity index (χ1) is 14.3. The van der Waals surface area contributed by atoms with Gasteiger partial charge in [-0.15, -0.1) is 0 Å². The number of nitrogens with one attached hydrogen (secondary N) is 1. The summed E-state index contributed by atoms with van der Waals surface area (Å²) in [6, 6.07) is 17.6. The minimum atomic E-state index is -0.974. The molecule has 0 aliphatic heterocycles. The summed E-state index contributed by atoms with van der Waals surface area (Å²) >= 11 is 0. The highest BCUT2D eigenvalue weighted by Crippen LogP contribution is 2.18. The van der Waals surface area contributed by atoms with Crippen LogP contribution in [0.3, 0.4) is 0 Å². The Hall–Kier alpha value is -3.67. The number of rotatable bonds is 6. The molecular formula is C24H24N2O4. The number of carbonyl (C=O) groups excluding carboxylic acids is 3. The Balaban J connectivity index is 1.62. The third-order valence-electron chi connectivity index (χ3n) is 4.84. The number of amides is 1. The standard InChI is InChI=1S/C24H24N2O4/c1-15-5-6-16(2)26(15)22-13-9-20(10-14-22)24(29)30-18(4)23(28)25-21-11-7-19(8-12-21)17(3)27/h5-14,18H,1-4H3,(H,25,28). The van der Waals surface area contributed by atoms with E-state index in [2.05, 4.69) is 9.88 Å². The molecule has 0 saturated heterocycles. The first-order valence-electron chi connectivity index (χ1n) is 9.64. The lowest BCUT2D eigenvalue weighted by Crippen LogP contribution is -2.30. The molecule has 1 heterocycles. The predicted octanol–water partition coefficient (Wildman–Crippen LogP) is 4.48. The van der Waals surface area contributed by atoms with Crippen molar-refractivity contribution in [1.29, 1.82) is 0 Å². The topological polar surface area (TPSA) is 77.4 Å². The zero-order valence-electron chi connectivity index (χ0n) is 17.4. The molecule has 154 valence electrons. The first-order valence-corrected chi connectivity index (χ1v) is 9.64. The summed E-state index contributed by atoms with van der Waals surface area (Å²) in [5, 5.41) is 2.67. The maximum Gasteiger partial charge on any atom is 0.338 e. The van der Waals surface area contributed by atoms with Crippen molar-refractivity contribution in [1.82, 2.24) is 4.57 Å². The second kappa shape index (κ2) is 8.78. The van der Waals surface area contributed by atoms with E-state index in [-0.39, 0.29) is 5.78 Å². The fraction of sp³-hybridized carbons (Fsp3) is 0.208. The number of nitrogens with zero attached hydrogens (tertiary/aromatic N) is 1. The Kier molecular flexibility index (Phi) is 6.16. The third kappa shape index (κ3) is 4.66. The lowest BCUT2D eigenvalue weighted by molar-refractivity contribution is -0.123. The number of hydrogen-bond acceptors (Lipinski definition) is 4. The number of benzene rings is 2. The molecule has 0 saturated carbocycles. The molecule has 1 unspecified atom stereocenters. The van der Waals surface area contributed by atoms with Gasteiger partial charge in [-0.25, -0.2) is 4.79 Å². The van der Waals surface area contributed by atoms with Crippen molar-refractivity contribution in [3.63, 3.8) is 0 Å². The second-order valence-electron chi connectivity index (χ2n) is 7.17. The van der Waals surface area contributed by atoms with Crippen LogP contribution < -0.4 is 5.32 Å². The number of aromatic nitrogens is 1. The maximum atomic E-state index is 12.4. The van der Waals surface area contributed by atoms with Crippen molar-refractivity contribution in [2.24, 2.45) is 0 Å². The number of hydrogen-bond donors (Lipinski definition) is 1. The number of ether oxygens (including phenoxy) is 1. The summed E-state index contributed by atoms with van der Waals surface area (Å²) in [6.45, 7) is 7.02. The van der Waals surface area contributed by atoms with Gasteiger partial charge in [0.1, 0.15) is 0 Å². The van der Waals surface area contributed by atoms with Gasteiger partial charge in [0.2, 0.25) is 0 Å². The van der Waals surface area contributed by atoms with Crippen molar-refractivity contribution in [2.45, 2.75) is 33.8 Å². The van der Waals surface area contributed by atoms with Crippen LogP contribution in [0.25, 0.3) is 5.69 Å². The lowest BCUT2D eigenvalue weighted by Gasteiger charge is -2.14. The Morgan fingerprint density at radius 3 is 1.90 bits per heavy atom. The van der Waals surface area contributed by atoms with Crippen LogP contribution >= 0.6 is 0 Å². The average molecular weight is 404 g/mol. The van der Waals surface area contributed by atoms with Crippen LogP contribution in [0.1, 0.15) is 46.0 Å². The van der Waals surface area contributed by atoms with Gasteiger partial charge in [0, 0.05) is 28.3 Å². The molecule has 6 heteroatoms. The van der Waals surface area contributed by atoms with Crippen molar-refractivity contribution in [3.8, 4) is 5.69 Å². The van der Waals surface area contributed by atoms with E-state index in [1.165, 1.54) is 13.8 Å². The summed E-state index contributed by atoms with van der Waals surface area (Å²) < 4.78 is 7.38. The van der Waals surface area contributed by atoms with Gasteiger partial charge in [-0.3, -0.25) is 9.59 Å². The molecule has 1 amide bonds. The molecular weight excluding hydrogens is 380 g/mol. The fourth-order valence-corrected chi connectivity index (χ4v) is 3.14. The van der Waals surface area contributed by atoms with E-state index in [9.17, 15) is 14.4 Å². The Morgan fingerprint density at radius 2 is 1.37 bits per heavy atom. The Morgan fingerprint density at radius 1 is 0.833 bits per heavy atom. The molecule has 0 aliphatic carbocycles. The van der Waals surface area contributed by atoms with Gasteiger partial charge in [-0.2, -0.15) is 0 Å². The van der Waals surface area contributed by atoms with E-state index in [1.54, 1.807) is 36.4 Å². The van der Waals surface area contributed by atoms with Gasteiger partial charge in [-0.05, 0) is 88.4 Å². The van der Waals surface area contributed by atoms with E-state index >= 15 is 0 Å². The van der Waals surface area contributed by atoms with Gasteiger partial charge < -0.3 is 14.6 Å². The van der Waals surface area contributed by atoms with Crippen LogP contribution in [-0.2, 0) is 9.53 Å². The molecule has 0 aliphatic rings. The highest BCUT2D eigenvalue weighted by Gasteiger charge is 2.19. The number of Topliss-reactive ketones (excluding diaryl/α,β-unsaturated/α-hetero) is 1. The molecule has 0 radical (unpaired) electrons. The Labute approximate surface area is 175 Å². The highest BCUT2D eigenvalue weighted by atomic mass is 16.5. The quantitative estimate of drug-likeness (QED) is 0.485. The molecule has 1 atom stereocenters. The molecule has 0 spiro atoms. The lowest BCUT2D eigenvalue weighted by atomic mass is 10.1. The molecule has 30 heavy (non-hydrogen) atoms. The van der Waals surface area contributed by atoms with E-state index in [0.717, 1.165) is 17.1 Å². The second-order valence-corrected chi connectivity index (χ2v) is 7.17. The normalized spacial score (nSPS) is 11.6. The van der Waals surface area contributed by atoms with Gasteiger partial charge in [0.05, 0.1) is 5.56 Å². The zero-order chi connectivity index (χ0) is 21.8. The summed E-state index contributed by atoms with van der Waals surface area (Å²) in [6.07, 6.45) is -0.974. The van der Waals surface area contributed by atoms with Crippen LogP contribution in [0, 0.1) is 13.8 Å². The molecule has 0 bridgehead atoms. The first kappa shape index (κ1) is 21.0. The number of anilines is 1. The van der Waals surface area contributed by atoms with Gasteiger partial charge in [0.15, 0.2) is 11.9 Å². The summed E-state index contributed by atoms with van der Waals surface area (Å²) in [7, 11) is 0. The fourth-order valence-electron chi connectivity index (χ4n) is 3.14. The average Bonchev–Trinajstić information content (AvgIpc) is 3.06. The van der Waals surface area contributed by atoms with E-state index in [1.807, 2.05) is 38.1 Å². The predicted molar refractivity (Wildman–Crippen MR) is 115 cm³/mol. The monoisotopic (exact) mass is 404 g/mol. The number of ketones is 1. The molecule has 3 aromatic rings. The smallest absolute Gasteiger partial charge is 0.338 e. The van der Waals surface area contributed by atoms with E-state index in [0.29, 0.717) is 16.8 Å². The molecule has 1 N–H and O–H groups in total. The number of aryl methyl sites for hydroxylation is 2. The SMILES string of the molecule is CC(=O)c1ccc(NC(=O)C(C)OC(=O)c2ccc(-n3c(C)ccc3C)cc2)cc1. The van der Waals surface area contributed by atoms with Crippen LogP contribution in [0.2, 0.25) is 0 Å². The van der Waals surface area contributed by atoms with E-state index in [4.69, 9.17) is 4.74 Å². The third-order valence-corrected chi connectivity index (χ3v) is 4.84. The minimum Gasteiger partial charge on any atom is -0.449 e. The molecule has 0 fully saturated rings. The largest absolute Gasteiger partial charge is 0.449 e. The van der Waals surface area contributed by atoms with Crippen LogP contribution in [0.15, 0.2) is 60.7 Å². The van der Waals surface area contributed by atoms with Crippen LogP contribution in [0.4, 0.5) is 5.69 Å². The van der Waals surface area contributed by atoms with Crippen molar-refractivity contribution in [2.75, 3.05) is 5.32 Å². The van der Waals surface area contributed by atoms with Gasteiger partial charge in [-0.1, -0.05) is 0 Å². The van der Waals surface area contributed by atoms with Gasteiger partial charge >= 0.3 is 5.97 Å². The summed E-state index contributed by atoms with van der Waals surface area (Å²) in [5.74, 6) is -1.07. The minimum absolute atomic E-state index is 0.0525. The Bertz CT molecular complexity index is 1060. The van der Waals surface area contributed by atoms with Crippen LogP contribution in [0.5, 0.6) is 0 Å². The zero-order valence-corrected chi connectivity index (χ0v) is 17.4. The van der Waals surface area contributed by atoms with Crippen molar-refractivity contribution >= 4 is 23.3 Å². The van der Waals surface area contributed by atoms with Crippen molar-refractivity contribution < 1.29 is 19.1 Å². The van der Waals surface area contributed by atoms with Crippen molar-refractivity contribution in [3.05, 3.63) is 83.2 Å². The summed E-state index contributed by atoms with van der Waals surface area (Å²) in [5.41, 5.74) is 4.60. The maximum absolute atomic E-state index is 12.4. The molecule has 2 aromatic carbocycles. The number of esters is 1. The molecule has 1 aromatic heterocycles. The summed E-state index contributed by atoms with van der Waals surface area (Å²) in [4.78, 5) is 36.1. The van der Waals surface area contributed by atoms with Crippen LogP contribution in [-0.4, -0.2) is 28.3 Å².